The number of carbonyl (C=O) groups excluding carboxylic acids is 1. The largest absolute Gasteiger partial charge is 0.450 e. The van der Waals surface area contributed by atoms with E-state index in [4.69, 9.17) is 9.52 Å². The first-order valence-electron chi connectivity index (χ1n) is 5.61. The lowest BCUT2D eigenvalue weighted by Crippen LogP contribution is -2.07. The van der Waals surface area contributed by atoms with E-state index in [0.717, 1.165) is 5.56 Å². The fraction of sp³-hybridized carbons (Fsp3) is 0.0714. The summed E-state index contributed by atoms with van der Waals surface area (Å²) in [5.41, 5.74) is 1.39. The van der Waals surface area contributed by atoms with E-state index in [1.54, 1.807) is 42.5 Å². The van der Waals surface area contributed by atoms with Crippen LogP contribution >= 0.6 is 15.9 Å². The molecule has 2 rings (SSSR count). The summed E-state index contributed by atoms with van der Waals surface area (Å²) in [4.78, 5) is 11.7. The Morgan fingerprint density at radius 2 is 2.21 bits per heavy atom. The quantitative estimate of drug-likeness (QED) is 0.850. The zero-order valence-electron chi connectivity index (χ0n) is 9.97. The first kappa shape index (κ1) is 13.6. The van der Waals surface area contributed by atoms with E-state index in [1.165, 1.54) is 6.08 Å². The highest BCUT2D eigenvalue weighted by Gasteiger charge is 2.00. The van der Waals surface area contributed by atoms with Crippen LogP contribution in [0.25, 0.3) is 6.08 Å². The number of hydrogen-bond donors (Lipinski definition) is 2. The van der Waals surface area contributed by atoms with Crippen LogP contribution in [0.15, 0.2) is 51.6 Å². The predicted octanol–water partition coefficient (Wildman–Crippen LogP) is 3.19. The van der Waals surface area contributed by atoms with Crippen molar-refractivity contribution in [2.75, 3.05) is 5.32 Å². The lowest BCUT2D eigenvalue weighted by Gasteiger charge is -2.03. The Morgan fingerprint density at radius 1 is 1.37 bits per heavy atom. The Balaban J connectivity index is 1.99. The number of nitrogens with one attached hydrogen (secondary N) is 1. The summed E-state index contributed by atoms with van der Waals surface area (Å²) in [7, 11) is 0. The van der Waals surface area contributed by atoms with Crippen molar-refractivity contribution in [1.29, 1.82) is 0 Å². The maximum Gasteiger partial charge on any atom is 0.248 e. The van der Waals surface area contributed by atoms with Gasteiger partial charge in [0.25, 0.3) is 0 Å². The van der Waals surface area contributed by atoms with Crippen LogP contribution in [0.2, 0.25) is 0 Å². The molecule has 0 unspecified atom stereocenters. The van der Waals surface area contributed by atoms with Gasteiger partial charge in [0.2, 0.25) is 5.91 Å². The minimum Gasteiger partial charge on any atom is -0.450 e. The van der Waals surface area contributed by atoms with Crippen LogP contribution < -0.4 is 5.32 Å². The number of aliphatic hydroxyl groups is 1. The molecule has 0 radical (unpaired) electrons. The van der Waals surface area contributed by atoms with Crippen LogP contribution in [0.5, 0.6) is 0 Å². The molecule has 2 N–H and O–H groups in total. The Bertz CT molecular complexity index is 604. The van der Waals surface area contributed by atoms with Gasteiger partial charge in [0.05, 0.1) is 6.61 Å². The summed E-state index contributed by atoms with van der Waals surface area (Å²) in [5.74, 6) is 0.328. The van der Waals surface area contributed by atoms with Gasteiger partial charge < -0.3 is 14.8 Å². The molecule has 19 heavy (non-hydrogen) atoms. The summed E-state index contributed by atoms with van der Waals surface area (Å²) in [5, 5.41) is 11.7. The molecule has 1 amide bonds. The number of carbonyl (C=O) groups is 1. The fourth-order valence-corrected chi connectivity index (χ4v) is 1.83. The topological polar surface area (TPSA) is 62.5 Å². The number of halogens is 1. The molecular formula is C14H12BrNO3. The number of anilines is 1. The third-order valence-corrected chi connectivity index (χ3v) is 2.80. The first-order chi connectivity index (χ1) is 9.17. The lowest BCUT2D eigenvalue weighted by molar-refractivity contribution is -0.111. The molecule has 0 saturated heterocycles. The zero-order valence-corrected chi connectivity index (χ0v) is 11.6. The molecule has 1 heterocycles. The van der Waals surface area contributed by atoms with Crippen molar-refractivity contribution in [3.05, 3.63) is 58.5 Å². The average molecular weight is 322 g/mol. The van der Waals surface area contributed by atoms with Gasteiger partial charge in [-0.05, 0) is 51.8 Å². The molecule has 98 valence electrons. The monoisotopic (exact) mass is 321 g/mol. The van der Waals surface area contributed by atoms with Crippen molar-refractivity contribution < 1.29 is 14.3 Å². The number of hydrogen-bond acceptors (Lipinski definition) is 3. The summed E-state index contributed by atoms with van der Waals surface area (Å²) in [6.45, 7) is -0.0556. The van der Waals surface area contributed by atoms with E-state index >= 15 is 0 Å². The third-order valence-electron chi connectivity index (χ3n) is 2.37. The molecule has 1 aromatic heterocycles. The molecule has 0 atom stereocenters. The van der Waals surface area contributed by atoms with Gasteiger partial charge in [-0.25, -0.2) is 0 Å². The molecule has 4 nitrogen and oxygen atoms in total. The maximum absolute atomic E-state index is 11.7. The second-order valence-corrected chi connectivity index (χ2v) is 4.60. The number of furan rings is 1. The number of benzene rings is 1. The van der Waals surface area contributed by atoms with Crippen molar-refractivity contribution >= 4 is 33.6 Å². The van der Waals surface area contributed by atoms with E-state index in [2.05, 4.69) is 21.2 Å². The SMILES string of the molecule is O=C(/C=C/c1ccc(Br)o1)Nc1cccc(CO)c1. The smallest absolute Gasteiger partial charge is 0.248 e. The van der Waals surface area contributed by atoms with Crippen molar-refractivity contribution in [2.45, 2.75) is 6.61 Å². The molecule has 2 aromatic rings. The molecule has 0 aliphatic heterocycles. The van der Waals surface area contributed by atoms with Crippen LogP contribution in [0.1, 0.15) is 11.3 Å². The number of rotatable bonds is 4. The molecule has 0 spiro atoms. The zero-order chi connectivity index (χ0) is 13.7. The van der Waals surface area contributed by atoms with E-state index in [-0.39, 0.29) is 12.5 Å². The Kier molecular flexibility index (Phi) is 4.54. The number of amides is 1. The Morgan fingerprint density at radius 3 is 2.89 bits per heavy atom. The van der Waals surface area contributed by atoms with Gasteiger partial charge in [-0.1, -0.05) is 12.1 Å². The van der Waals surface area contributed by atoms with Gasteiger partial charge in [-0.3, -0.25) is 4.79 Å². The first-order valence-corrected chi connectivity index (χ1v) is 6.41. The van der Waals surface area contributed by atoms with Crippen LogP contribution in [0.4, 0.5) is 5.69 Å². The molecule has 0 saturated carbocycles. The second kappa shape index (κ2) is 6.36. The van der Waals surface area contributed by atoms with Crippen LogP contribution in [0.3, 0.4) is 0 Å². The number of aliphatic hydroxyl groups excluding tert-OH is 1. The minimum absolute atomic E-state index is 0.0556. The average Bonchev–Trinajstić information content (AvgIpc) is 2.82. The van der Waals surface area contributed by atoms with Gasteiger partial charge in [0, 0.05) is 11.8 Å². The predicted molar refractivity (Wildman–Crippen MR) is 76.4 cm³/mol. The van der Waals surface area contributed by atoms with Crippen LogP contribution in [0, 0.1) is 0 Å². The van der Waals surface area contributed by atoms with Gasteiger partial charge >= 0.3 is 0 Å². The van der Waals surface area contributed by atoms with Gasteiger partial charge in [0.1, 0.15) is 5.76 Å². The lowest BCUT2D eigenvalue weighted by atomic mass is 10.2. The van der Waals surface area contributed by atoms with Crippen LogP contribution in [-0.2, 0) is 11.4 Å². The molecule has 0 aliphatic rings. The highest BCUT2D eigenvalue weighted by molar-refractivity contribution is 9.10. The highest BCUT2D eigenvalue weighted by Crippen LogP contribution is 2.15. The minimum atomic E-state index is -0.261. The molecule has 0 aliphatic carbocycles. The Hall–Kier alpha value is -1.85. The van der Waals surface area contributed by atoms with Crippen molar-refractivity contribution in [3.63, 3.8) is 0 Å². The fourth-order valence-electron chi connectivity index (χ4n) is 1.51. The molecule has 1 aromatic carbocycles. The van der Waals surface area contributed by atoms with E-state index in [1.807, 2.05) is 0 Å². The summed E-state index contributed by atoms with van der Waals surface area (Å²) in [6.07, 6.45) is 2.97. The normalized spacial score (nSPS) is 10.8. The summed E-state index contributed by atoms with van der Waals surface area (Å²) >= 11 is 3.18. The van der Waals surface area contributed by atoms with Crippen LogP contribution in [-0.4, -0.2) is 11.0 Å². The van der Waals surface area contributed by atoms with E-state index in [9.17, 15) is 4.79 Å². The third kappa shape index (κ3) is 4.08. The maximum atomic E-state index is 11.7. The summed E-state index contributed by atoms with van der Waals surface area (Å²) in [6, 6.07) is 10.5. The van der Waals surface area contributed by atoms with Gasteiger partial charge in [-0.2, -0.15) is 0 Å². The van der Waals surface area contributed by atoms with Crippen molar-refractivity contribution in [1.82, 2.24) is 0 Å². The molecule has 5 heteroatoms. The second-order valence-electron chi connectivity index (χ2n) is 3.82. The van der Waals surface area contributed by atoms with Crippen molar-refractivity contribution in [3.8, 4) is 0 Å². The van der Waals surface area contributed by atoms with Gasteiger partial charge in [-0.15, -0.1) is 0 Å². The molecule has 0 fully saturated rings. The van der Waals surface area contributed by atoms with Gasteiger partial charge in [0.15, 0.2) is 4.67 Å². The molecular weight excluding hydrogens is 310 g/mol. The Labute approximate surface area is 118 Å². The summed E-state index contributed by atoms with van der Waals surface area (Å²) < 4.78 is 5.85. The standard InChI is InChI=1S/C14H12BrNO3/c15-13-6-4-12(19-13)5-7-14(18)16-11-3-1-2-10(8-11)9-17/h1-8,17H,9H2,(H,16,18)/b7-5+. The van der Waals surface area contributed by atoms with E-state index < -0.39 is 0 Å². The highest BCUT2D eigenvalue weighted by atomic mass is 79.9. The van der Waals surface area contributed by atoms with Crippen molar-refractivity contribution in [2.24, 2.45) is 0 Å². The van der Waals surface area contributed by atoms with E-state index in [0.29, 0.717) is 16.1 Å². The molecule has 0 bridgehead atoms.